The molecule has 0 spiro atoms. The smallest absolute Gasteiger partial charge is 0.321 e. The standard InChI is InChI=1S/C11H12BrN3O2/c12-7-10(16)14-8-1-3-9(4-2-8)15-6-5-13-11(15)17/h1-4H,5-7H2,(H,13,17)(H,14,16). The lowest BCUT2D eigenvalue weighted by Gasteiger charge is -2.14. The van der Waals surface area contributed by atoms with Gasteiger partial charge in [-0.15, -0.1) is 0 Å². The van der Waals surface area contributed by atoms with E-state index < -0.39 is 0 Å². The molecule has 0 aromatic heterocycles. The number of halogens is 1. The summed E-state index contributed by atoms with van der Waals surface area (Å²) in [7, 11) is 0. The molecule has 2 rings (SSSR count). The minimum atomic E-state index is -0.100. The van der Waals surface area contributed by atoms with Crippen LogP contribution in [0.1, 0.15) is 0 Å². The number of urea groups is 1. The molecular weight excluding hydrogens is 286 g/mol. The number of rotatable bonds is 3. The van der Waals surface area contributed by atoms with Gasteiger partial charge in [0.15, 0.2) is 0 Å². The zero-order chi connectivity index (χ0) is 12.3. The van der Waals surface area contributed by atoms with E-state index in [1.807, 2.05) is 12.1 Å². The lowest BCUT2D eigenvalue weighted by Crippen LogP contribution is -2.27. The van der Waals surface area contributed by atoms with E-state index in [2.05, 4.69) is 26.6 Å². The van der Waals surface area contributed by atoms with Crippen molar-refractivity contribution >= 4 is 39.2 Å². The Kier molecular flexibility index (Phi) is 3.63. The lowest BCUT2D eigenvalue weighted by molar-refractivity contribution is -0.113. The fourth-order valence-corrected chi connectivity index (χ4v) is 1.78. The molecular formula is C11H12BrN3O2. The number of alkyl halides is 1. The van der Waals surface area contributed by atoms with Crippen LogP contribution in [0.2, 0.25) is 0 Å². The molecule has 2 N–H and O–H groups in total. The third-order valence-electron chi connectivity index (χ3n) is 2.44. The third kappa shape index (κ3) is 2.76. The molecule has 90 valence electrons. The van der Waals surface area contributed by atoms with Gasteiger partial charge in [0, 0.05) is 24.5 Å². The molecule has 0 unspecified atom stereocenters. The van der Waals surface area contributed by atoms with Gasteiger partial charge in [0.05, 0.1) is 5.33 Å². The quantitative estimate of drug-likeness (QED) is 0.832. The normalized spacial score (nSPS) is 14.6. The Hall–Kier alpha value is -1.56. The van der Waals surface area contributed by atoms with Crippen LogP contribution in [-0.4, -0.2) is 30.4 Å². The Balaban J connectivity index is 2.07. The van der Waals surface area contributed by atoms with Crippen molar-refractivity contribution in [3.63, 3.8) is 0 Å². The molecule has 17 heavy (non-hydrogen) atoms. The van der Waals surface area contributed by atoms with Gasteiger partial charge < -0.3 is 10.6 Å². The fourth-order valence-electron chi connectivity index (χ4n) is 1.64. The van der Waals surface area contributed by atoms with Crippen molar-refractivity contribution in [2.45, 2.75) is 0 Å². The molecule has 1 saturated heterocycles. The highest BCUT2D eigenvalue weighted by molar-refractivity contribution is 9.09. The van der Waals surface area contributed by atoms with E-state index in [0.29, 0.717) is 13.1 Å². The summed E-state index contributed by atoms with van der Waals surface area (Å²) < 4.78 is 0. The van der Waals surface area contributed by atoms with Crippen molar-refractivity contribution in [2.24, 2.45) is 0 Å². The highest BCUT2D eigenvalue weighted by Crippen LogP contribution is 2.19. The summed E-state index contributed by atoms with van der Waals surface area (Å²) in [6.45, 7) is 1.34. The molecule has 0 aliphatic carbocycles. The maximum absolute atomic E-state index is 11.4. The molecule has 0 radical (unpaired) electrons. The van der Waals surface area contributed by atoms with Gasteiger partial charge in [-0.2, -0.15) is 0 Å². The summed E-state index contributed by atoms with van der Waals surface area (Å²) >= 11 is 3.08. The second-order valence-electron chi connectivity index (χ2n) is 3.61. The molecule has 1 aromatic rings. The van der Waals surface area contributed by atoms with Crippen LogP contribution in [0.25, 0.3) is 0 Å². The number of hydrogen-bond donors (Lipinski definition) is 2. The zero-order valence-electron chi connectivity index (χ0n) is 9.07. The summed E-state index contributed by atoms with van der Waals surface area (Å²) in [4.78, 5) is 24.2. The molecule has 6 heteroatoms. The van der Waals surface area contributed by atoms with E-state index in [-0.39, 0.29) is 17.3 Å². The Labute approximate surface area is 107 Å². The number of amides is 3. The van der Waals surface area contributed by atoms with Gasteiger partial charge in [-0.1, -0.05) is 15.9 Å². The van der Waals surface area contributed by atoms with Crippen LogP contribution in [0.5, 0.6) is 0 Å². The number of nitrogens with zero attached hydrogens (tertiary/aromatic N) is 1. The molecule has 1 aliphatic rings. The van der Waals surface area contributed by atoms with Gasteiger partial charge in [-0.25, -0.2) is 4.79 Å². The second kappa shape index (κ2) is 5.18. The average Bonchev–Trinajstić information content (AvgIpc) is 2.76. The SMILES string of the molecule is O=C(CBr)Nc1ccc(N2CCNC2=O)cc1. The molecule has 1 aliphatic heterocycles. The first kappa shape index (κ1) is 11.9. The highest BCUT2D eigenvalue weighted by Gasteiger charge is 2.20. The molecule has 1 aromatic carbocycles. The van der Waals surface area contributed by atoms with E-state index in [4.69, 9.17) is 0 Å². The Bertz CT molecular complexity index is 433. The van der Waals surface area contributed by atoms with Gasteiger partial charge in [-0.3, -0.25) is 9.69 Å². The summed E-state index contributed by atoms with van der Waals surface area (Å²) in [5, 5.41) is 5.72. The van der Waals surface area contributed by atoms with Gasteiger partial charge in [0.1, 0.15) is 0 Å². The summed E-state index contributed by atoms with van der Waals surface area (Å²) in [6, 6.07) is 7.11. The molecule has 1 fully saturated rings. The molecule has 0 atom stereocenters. The first-order valence-electron chi connectivity index (χ1n) is 5.22. The summed E-state index contributed by atoms with van der Waals surface area (Å²) in [5.41, 5.74) is 1.55. The molecule has 0 saturated carbocycles. The highest BCUT2D eigenvalue weighted by atomic mass is 79.9. The van der Waals surface area contributed by atoms with Crippen LogP contribution >= 0.6 is 15.9 Å². The van der Waals surface area contributed by atoms with E-state index in [1.165, 1.54) is 0 Å². The first-order chi connectivity index (χ1) is 8.20. The maximum atomic E-state index is 11.4. The largest absolute Gasteiger partial charge is 0.336 e. The third-order valence-corrected chi connectivity index (χ3v) is 2.95. The van der Waals surface area contributed by atoms with Gasteiger partial charge in [-0.05, 0) is 24.3 Å². The van der Waals surface area contributed by atoms with Crippen molar-refractivity contribution in [1.82, 2.24) is 5.32 Å². The van der Waals surface area contributed by atoms with E-state index in [9.17, 15) is 9.59 Å². The minimum Gasteiger partial charge on any atom is -0.336 e. The van der Waals surface area contributed by atoms with E-state index in [1.54, 1.807) is 17.0 Å². The van der Waals surface area contributed by atoms with Crippen molar-refractivity contribution in [1.29, 1.82) is 0 Å². The Morgan fingerprint density at radius 2 is 2.12 bits per heavy atom. The van der Waals surface area contributed by atoms with Crippen LogP contribution in [0.4, 0.5) is 16.2 Å². The van der Waals surface area contributed by atoms with E-state index >= 15 is 0 Å². The number of hydrogen-bond acceptors (Lipinski definition) is 2. The van der Waals surface area contributed by atoms with Crippen LogP contribution in [-0.2, 0) is 4.79 Å². The number of carbonyl (C=O) groups is 2. The molecule has 0 bridgehead atoms. The molecule has 3 amide bonds. The number of nitrogens with one attached hydrogen (secondary N) is 2. The Morgan fingerprint density at radius 3 is 2.65 bits per heavy atom. The average molecular weight is 298 g/mol. The minimum absolute atomic E-state index is 0.0813. The van der Waals surface area contributed by atoms with Gasteiger partial charge in [0.25, 0.3) is 0 Å². The topological polar surface area (TPSA) is 61.4 Å². The van der Waals surface area contributed by atoms with Crippen LogP contribution in [0.3, 0.4) is 0 Å². The van der Waals surface area contributed by atoms with E-state index in [0.717, 1.165) is 11.4 Å². The number of benzene rings is 1. The molecule has 5 nitrogen and oxygen atoms in total. The van der Waals surface area contributed by atoms with Crippen LogP contribution in [0, 0.1) is 0 Å². The predicted molar refractivity (Wildman–Crippen MR) is 69.6 cm³/mol. The second-order valence-corrected chi connectivity index (χ2v) is 4.17. The van der Waals surface area contributed by atoms with Gasteiger partial charge in [0.2, 0.25) is 5.91 Å². The fraction of sp³-hybridized carbons (Fsp3) is 0.273. The summed E-state index contributed by atoms with van der Waals surface area (Å²) in [5.74, 6) is -0.100. The Morgan fingerprint density at radius 1 is 1.41 bits per heavy atom. The van der Waals surface area contributed by atoms with Crippen molar-refractivity contribution < 1.29 is 9.59 Å². The van der Waals surface area contributed by atoms with Crippen LogP contribution < -0.4 is 15.5 Å². The molecule has 1 heterocycles. The number of anilines is 2. The first-order valence-corrected chi connectivity index (χ1v) is 6.34. The maximum Gasteiger partial charge on any atom is 0.321 e. The van der Waals surface area contributed by atoms with Crippen LogP contribution in [0.15, 0.2) is 24.3 Å². The summed E-state index contributed by atoms with van der Waals surface area (Å²) in [6.07, 6.45) is 0. The number of carbonyl (C=O) groups excluding carboxylic acids is 2. The predicted octanol–water partition coefficient (Wildman–Crippen LogP) is 1.55. The van der Waals surface area contributed by atoms with Crippen molar-refractivity contribution in [2.75, 3.05) is 28.6 Å². The zero-order valence-corrected chi connectivity index (χ0v) is 10.7. The monoisotopic (exact) mass is 297 g/mol. The van der Waals surface area contributed by atoms with Crippen molar-refractivity contribution in [3.8, 4) is 0 Å². The van der Waals surface area contributed by atoms with Gasteiger partial charge >= 0.3 is 6.03 Å². The van der Waals surface area contributed by atoms with Crippen molar-refractivity contribution in [3.05, 3.63) is 24.3 Å². The lowest BCUT2D eigenvalue weighted by atomic mass is 10.2.